The zero-order valence-electron chi connectivity index (χ0n) is 3.95. The third-order valence-corrected chi connectivity index (χ3v) is 0. The smallest absolute Gasteiger partial charge is 0.652 e. The van der Waals surface area contributed by atoms with Gasteiger partial charge in [-0.1, -0.05) is 0 Å². The number of rotatable bonds is 0. The average Bonchev–Trinajstić information content (AvgIpc) is 1.25. The van der Waals surface area contributed by atoms with Gasteiger partial charge in [-0.2, -0.15) is 0 Å². The fourth-order valence-electron chi connectivity index (χ4n) is 0. The maximum absolute atomic E-state index is 8.33. The molecule has 0 heterocycles. The Morgan fingerprint density at radius 2 is 0.778 bits per heavy atom. The molecule has 0 spiro atoms. The molecule has 0 aliphatic carbocycles. The molecule has 6 nitrogen and oxygen atoms in total. The van der Waals surface area contributed by atoms with Crippen molar-refractivity contribution in [1.82, 2.24) is 0 Å². The summed E-state index contributed by atoms with van der Waals surface area (Å²) in [6.45, 7) is 0. The van der Waals surface area contributed by atoms with Gasteiger partial charge in [-0.25, -0.2) is 0 Å². The summed E-state index contributed by atoms with van der Waals surface area (Å²) in [5, 5.41) is 33.3. The van der Waals surface area contributed by atoms with E-state index in [0.29, 0.717) is 0 Å². The van der Waals surface area contributed by atoms with Crippen LogP contribution in [0.3, 0.4) is 0 Å². The molecular formula is C3O6. The van der Waals surface area contributed by atoms with E-state index >= 15 is 0 Å². The predicted octanol–water partition coefficient (Wildman–Crippen LogP) is -4.81. The summed E-state index contributed by atoms with van der Waals surface area (Å²) in [5.74, 6) is 0. The molecule has 0 aromatic carbocycles. The largest absolute Gasteiger partial charge is 4.00 e. The van der Waals surface area contributed by atoms with Gasteiger partial charge in [0.15, 0.2) is 0 Å². The molecule has 0 aromatic rings. The minimum Gasteiger partial charge on any atom is -0.652 e. The summed E-state index contributed by atoms with van der Waals surface area (Å²) in [6.07, 6.45) is -4.67. The van der Waals surface area contributed by atoms with Crippen LogP contribution < -0.4 is 20.4 Å². The van der Waals surface area contributed by atoms with Crippen LogP contribution >= 0.6 is 0 Å². The van der Waals surface area contributed by atoms with Gasteiger partial charge in [0.2, 0.25) is 0 Å². The minimum atomic E-state index is -2.33. The molecule has 0 aromatic heterocycles. The van der Waals surface area contributed by atoms with Gasteiger partial charge < -0.3 is 30.0 Å². The second kappa shape index (κ2) is 9.74. The van der Waals surface area contributed by atoms with Crippen molar-refractivity contribution in [1.29, 1.82) is 0 Å². The molecule has 9 heavy (non-hydrogen) atoms. The first kappa shape index (κ1) is 15.6. The number of carbonyl (C=O) groups excluding carboxylic acids is 2. The van der Waals surface area contributed by atoms with Crippen LogP contribution in [-0.4, -0.2) is 12.3 Å². The molecule has 0 aliphatic rings. The van der Waals surface area contributed by atoms with E-state index in [1.165, 1.54) is 0 Å². The van der Waals surface area contributed by atoms with Crippen molar-refractivity contribution in [3.05, 3.63) is 7.43 Å². The normalized spacial score (nSPS) is 5.33. The van der Waals surface area contributed by atoms with Crippen LogP contribution in [0.1, 0.15) is 0 Å². The number of carbonyl (C=O) groups is 2. The van der Waals surface area contributed by atoms with E-state index < -0.39 is 12.3 Å². The van der Waals surface area contributed by atoms with Crippen LogP contribution in [-0.2, 0) is 0 Å². The van der Waals surface area contributed by atoms with Gasteiger partial charge in [0.25, 0.3) is 0 Å². The van der Waals surface area contributed by atoms with E-state index in [9.17, 15) is 0 Å². The van der Waals surface area contributed by atoms with Crippen molar-refractivity contribution in [2.75, 3.05) is 0 Å². The van der Waals surface area contributed by atoms with Crippen molar-refractivity contribution in [3.63, 3.8) is 0 Å². The van der Waals surface area contributed by atoms with Gasteiger partial charge in [0.05, 0.1) is 0 Å². The second-order valence-corrected chi connectivity index (χ2v) is 0.500. The quantitative estimate of drug-likeness (QED) is 0.325. The molecule has 0 N–H and O–H groups in total. The van der Waals surface area contributed by atoms with E-state index in [1.54, 1.807) is 0 Å². The summed E-state index contributed by atoms with van der Waals surface area (Å²) < 4.78 is 0. The predicted molar refractivity (Wildman–Crippen MR) is 14.0 cm³/mol. The first-order chi connectivity index (χ1) is 3.46. The molecule has 0 fully saturated rings. The first-order valence-electron chi connectivity index (χ1n) is 1.22. The monoisotopic (exact) mass is 132 g/mol. The molecule has 0 atom stereocenters. The molecule has 0 bridgehead atoms. The molecule has 0 saturated carbocycles. The van der Waals surface area contributed by atoms with Crippen molar-refractivity contribution in [3.8, 4) is 0 Å². The van der Waals surface area contributed by atoms with E-state index in [1.807, 2.05) is 0 Å². The Balaban J connectivity index is -0.0000000720. The number of hydrogen-bond acceptors (Lipinski definition) is 6. The van der Waals surface area contributed by atoms with E-state index in [2.05, 4.69) is 0 Å². The Morgan fingerprint density at radius 3 is 0.778 bits per heavy atom. The van der Waals surface area contributed by atoms with E-state index in [0.717, 1.165) is 0 Å². The molecule has 0 rings (SSSR count). The zero-order valence-corrected chi connectivity index (χ0v) is 3.95. The van der Waals surface area contributed by atoms with Crippen LogP contribution in [0.25, 0.3) is 0 Å². The average molecular weight is 132 g/mol. The molecule has 0 aliphatic heterocycles. The van der Waals surface area contributed by atoms with E-state index in [-0.39, 0.29) is 7.43 Å². The Morgan fingerprint density at radius 1 is 0.778 bits per heavy atom. The van der Waals surface area contributed by atoms with Crippen molar-refractivity contribution < 1.29 is 30.0 Å². The summed E-state index contributed by atoms with van der Waals surface area (Å²) in [7, 11) is 0. The fourth-order valence-corrected chi connectivity index (χ4v) is 0. The Kier molecular flexibility index (Phi) is 16.9. The molecule has 0 amide bonds. The molecule has 0 saturated heterocycles. The van der Waals surface area contributed by atoms with Gasteiger partial charge in [0, 0.05) is 0 Å². The standard InChI is InChI=1S/2CH2O3.C/c2*2-1(3)4;/h2*(H2,2,3,4);/q;;+4/p-4. The van der Waals surface area contributed by atoms with E-state index in [4.69, 9.17) is 30.0 Å². The van der Waals surface area contributed by atoms with Gasteiger partial charge in [-0.15, -0.1) is 0 Å². The molecular weight excluding hydrogens is 132 g/mol. The van der Waals surface area contributed by atoms with Gasteiger partial charge >= 0.3 is 7.43 Å². The Hall–Kier alpha value is -1.46. The zero-order chi connectivity index (χ0) is 7.15. The third-order valence-electron chi connectivity index (χ3n) is 0. The van der Waals surface area contributed by atoms with Crippen molar-refractivity contribution >= 4 is 12.3 Å². The minimum absolute atomic E-state index is 0. The van der Waals surface area contributed by atoms with Crippen LogP contribution in [0, 0.1) is 7.43 Å². The molecule has 0 unspecified atom stereocenters. The summed E-state index contributed by atoms with van der Waals surface area (Å²) in [5.41, 5.74) is 0. The number of carboxylic acid groups (broad SMARTS) is 4. The van der Waals surface area contributed by atoms with Gasteiger partial charge in [-0.3, -0.25) is 0 Å². The second-order valence-electron chi connectivity index (χ2n) is 0.500. The number of hydrogen-bond donors (Lipinski definition) is 0. The molecule has 6 heteroatoms. The van der Waals surface area contributed by atoms with Crippen molar-refractivity contribution in [2.24, 2.45) is 0 Å². The Labute approximate surface area is 51.0 Å². The van der Waals surface area contributed by atoms with Crippen LogP contribution in [0.2, 0.25) is 0 Å². The third kappa shape index (κ3) is 63.2. The van der Waals surface area contributed by atoms with Gasteiger partial charge in [0.1, 0.15) is 0 Å². The topological polar surface area (TPSA) is 126 Å². The summed E-state index contributed by atoms with van der Waals surface area (Å²) >= 11 is 0. The first-order valence-corrected chi connectivity index (χ1v) is 1.22. The maximum Gasteiger partial charge on any atom is 4.00 e. The summed E-state index contributed by atoms with van der Waals surface area (Å²) in [4.78, 5) is 16.7. The summed E-state index contributed by atoms with van der Waals surface area (Å²) in [6, 6.07) is 0. The van der Waals surface area contributed by atoms with Crippen LogP contribution in [0.15, 0.2) is 0 Å². The van der Waals surface area contributed by atoms with Gasteiger partial charge in [-0.05, 0) is 12.3 Å². The molecule has 0 radical (unpaired) electrons. The fraction of sp³-hybridized carbons (Fsp3) is 0. The molecule has 48 valence electrons. The maximum atomic E-state index is 8.33. The van der Waals surface area contributed by atoms with Crippen LogP contribution in [0.5, 0.6) is 0 Å². The van der Waals surface area contributed by atoms with Crippen LogP contribution in [0.4, 0.5) is 9.59 Å². The SMILES string of the molecule is O=C([O-])[O-].O=C([O-])[O-].[C+4]. The van der Waals surface area contributed by atoms with Crippen molar-refractivity contribution in [2.45, 2.75) is 0 Å². The Bertz CT molecular complexity index is 66.3.